The van der Waals surface area contributed by atoms with E-state index in [0.29, 0.717) is 0 Å². The fourth-order valence-corrected chi connectivity index (χ4v) is 3.87. The average Bonchev–Trinajstić information content (AvgIpc) is 3.27. The highest BCUT2D eigenvalue weighted by atomic mass is 16.5. The van der Waals surface area contributed by atoms with Crippen LogP contribution >= 0.6 is 0 Å². The van der Waals surface area contributed by atoms with E-state index in [9.17, 15) is 0 Å². The minimum absolute atomic E-state index is 0.0736. The number of aliphatic imine (C=N–C) groups is 1. The lowest BCUT2D eigenvalue weighted by molar-refractivity contribution is -0.00802. The molecule has 2 aliphatic rings. The summed E-state index contributed by atoms with van der Waals surface area (Å²) in [5.41, 5.74) is 1.14. The van der Waals surface area contributed by atoms with Gasteiger partial charge in [0.2, 0.25) is 0 Å². The zero-order valence-electron chi connectivity index (χ0n) is 15.1. The van der Waals surface area contributed by atoms with Crippen LogP contribution in [0.1, 0.15) is 50.2 Å². The van der Waals surface area contributed by atoms with Crippen molar-refractivity contribution in [2.24, 2.45) is 18.0 Å². The zero-order valence-corrected chi connectivity index (χ0v) is 15.1. The van der Waals surface area contributed by atoms with Crippen LogP contribution in [0, 0.1) is 5.92 Å². The highest BCUT2D eigenvalue weighted by molar-refractivity contribution is 5.80. The van der Waals surface area contributed by atoms with Gasteiger partial charge in [-0.1, -0.05) is 25.7 Å². The van der Waals surface area contributed by atoms with Gasteiger partial charge in [-0.25, -0.2) is 0 Å². The number of rotatable bonds is 5. The summed E-state index contributed by atoms with van der Waals surface area (Å²) in [4.78, 5) is 6.77. The van der Waals surface area contributed by atoms with E-state index in [2.05, 4.69) is 20.3 Å². The van der Waals surface area contributed by atoms with Crippen LogP contribution in [0.2, 0.25) is 0 Å². The maximum absolute atomic E-state index is 5.92. The van der Waals surface area contributed by atoms with E-state index in [-0.39, 0.29) is 6.10 Å². The number of guanidine groups is 1. The molecule has 2 fully saturated rings. The van der Waals surface area contributed by atoms with Crippen molar-refractivity contribution in [1.29, 1.82) is 0 Å². The van der Waals surface area contributed by atoms with E-state index in [4.69, 9.17) is 4.74 Å². The topological polar surface area (TPSA) is 54.7 Å². The van der Waals surface area contributed by atoms with Gasteiger partial charge >= 0.3 is 0 Å². The number of hydrogen-bond acceptors (Lipinski definition) is 3. The number of nitrogens with zero attached hydrogens (tertiary/aromatic N) is 4. The average molecular weight is 333 g/mol. The molecule has 134 valence electrons. The molecule has 1 aromatic rings. The monoisotopic (exact) mass is 333 g/mol. The first kappa shape index (κ1) is 17.3. The third kappa shape index (κ3) is 4.50. The van der Waals surface area contributed by atoms with E-state index in [1.807, 2.05) is 31.2 Å². The Morgan fingerprint density at radius 2 is 2.25 bits per heavy atom. The first-order valence-corrected chi connectivity index (χ1v) is 9.32. The number of aromatic nitrogens is 2. The fraction of sp³-hybridized carbons (Fsp3) is 0.778. The van der Waals surface area contributed by atoms with Crippen molar-refractivity contribution in [3.8, 4) is 0 Å². The molecule has 6 heteroatoms. The largest absolute Gasteiger partial charge is 0.370 e. The molecule has 0 bridgehead atoms. The molecule has 0 radical (unpaired) electrons. The van der Waals surface area contributed by atoms with E-state index in [1.54, 1.807) is 0 Å². The van der Waals surface area contributed by atoms with Gasteiger partial charge in [0.15, 0.2) is 5.96 Å². The molecule has 1 aromatic heterocycles. The fourth-order valence-electron chi connectivity index (χ4n) is 3.87. The molecule has 3 rings (SSSR count). The van der Waals surface area contributed by atoms with Crippen molar-refractivity contribution in [3.05, 3.63) is 18.0 Å². The summed E-state index contributed by atoms with van der Waals surface area (Å²) in [5.74, 6) is 1.96. The number of nitrogens with one attached hydrogen (secondary N) is 1. The molecule has 1 unspecified atom stereocenters. The van der Waals surface area contributed by atoms with Crippen LogP contribution in [0.25, 0.3) is 0 Å². The van der Waals surface area contributed by atoms with Crippen LogP contribution in [-0.4, -0.2) is 53.9 Å². The molecule has 1 N–H and O–H groups in total. The summed E-state index contributed by atoms with van der Waals surface area (Å²) >= 11 is 0. The molecule has 24 heavy (non-hydrogen) atoms. The van der Waals surface area contributed by atoms with Gasteiger partial charge in [0.1, 0.15) is 6.10 Å². The van der Waals surface area contributed by atoms with Gasteiger partial charge in [0.05, 0.1) is 19.3 Å². The molecule has 0 aromatic carbocycles. The van der Waals surface area contributed by atoms with Crippen LogP contribution in [0.15, 0.2) is 17.4 Å². The Bertz CT molecular complexity index is 535. The second-order valence-electron chi connectivity index (χ2n) is 7.02. The Morgan fingerprint density at radius 1 is 1.42 bits per heavy atom. The summed E-state index contributed by atoms with van der Waals surface area (Å²) in [5, 5.41) is 7.79. The lowest BCUT2D eigenvalue weighted by atomic mass is 10.0. The first-order valence-electron chi connectivity index (χ1n) is 9.32. The number of hydrogen-bond donors (Lipinski definition) is 1. The van der Waals surface area contributed by atoms with Gasteiger partial charge in [0, 0.05) is 38.9 Å². The molecular weight excluding hydrogens is 302 g/mol. The Morgan fingerprint density at radius 3 is 2.96 bits per heavy atom. The summed E-state index contributed by atoms with van der Waals surface area (Å²) in [7, 11) is 3.81. The van der Waals surface area contributed by atoms with Crippen molar-refractivity contribution in [2.75, 3.05) is 33.3 Å². The molecular formula is C18H31N5O. The predicted octanol–water partition coefficient (Wildman–Crippen LogP) is 2.34. The van der Waals surface area contributed by atoms with Crippen LogP contribution < -0.4 is 5.32 Å². The molecule has 6 nitrogen and oxygen atoms in total. The number of morpholine rings is 1. The second-order valence-corrected chi connectivity index (χ2v) is 7.02. The third-order valence-corrected chi connectivity index (χ3v) is 5.22. The van der Waals surface area contributed by atoms with Gasteiger partial charge in [0.25, 0.3) is 0 Å². The van der Waals surface area contributed by atoms with Gasteiger partial charge in [-0.15, -0.1) is 0 Å². The SMILES string of the molecule is CN=C(NCCCC1CCCC1)N1CCOC(c2cnn(C)c2)C1. The van der Waals surface area contributed by atoms with E-state index >= 15 is 0 Å². The van der Waals surface area contributed by atoms with Gasteiger partial charge in [-0.2, -0.15) is 5.10 Å². The smallest absolute Gasteiger partial charge is 0.193 e. The summed E-state index contributed by atoms with van der Waals surface area (Å²) < 4.78 is 7.74. The van der Waals surface area contributed by atoms with E-state index < -0.39 is 0 Å². The normalized spacial score (nSPS) is 23.0. The van der Waals surface area contributed by atoms with Crippen LogP contribution in [0.5, 0.6) is 0 Å². The van der Waals surface area contributed by atoms with Crippen molar-refractivity contribution in [3.63, 3.8) is 0 Å². The second kappa shape index (κ2) is 8.51. The number of aryl methyl sites for hydroxylation is 1. The van der Waals surface area contributed by atoms with Crippen molar-refractivity contribution in [2.45, 2.75) is 44.6 Å². The van der Waals surface area contributed by atoms with Crippen LogP contribution in [0.4, 0.5) is 0 Å². The summed E-state index contributed by atoms with van der Waals surface area (Å²) in [6.45, 7) is 3.45. The molecule has 1 aliphatic heterocycles. The van der Waals surface area contributed by atoms with E-state index in [1.165, 1.54) is 38.5 Å². The molecule has 1 saturated carbocycles. The van der Waals surface area contributed by atoms with E-state index in [0.717, 1.165) is 43.7 Å². The number of ether oxygens (including phenoxy) is 1. The molecule has 0 spiro atoms. The predicted molar refractivity (Wildman–Crippen MR) is 96.0 cm³/mol. The molecule has 1 aliphatic carbocycles. The van der Waals surface area contributed by atoms with Crippen molar-refractivity contribution >= 4 is 5.96 Å². The van der Waals surface area contributed by atoms with Crippen molar-refractivity contribution < 1.29 is 4.74 Å². The van der Waals surface area contributed by atoms with Gasteiger partial charge < -0.3 is 15.0 Å². The molecule has 2 heterocycles. The minimum atomic E-state index is 0.0736. The Hall–Kier alpha value is -1.56. The Kier molecular flexibility index (Phi) is 6.12. The highest BCUT2D eigenvalue weighted by Gasteiger charge is 2.25. The Balaban J connectivity index is 1.45. The molecule has 1 atom stereocenters. The molecule has 1 saturated heterocycles. The first-order chi connectivity index (χ1) is 11.8. The third-order valence-electron chi connectivity index (χ3n) is 5.22. The quantitative estimate of drug-likeness (QED) is 0.510. The highest BCUT2D eigenvalue weighted by Crippen LogP contribution is 2.28. The lowest BCUT2D eigenvalue weighted by Crippen LogP contribution is -2.48. The maximum Gasteiger partial charge on any atom is 0.193 e. The Labute approximate surface area is 145 Å². The van der Waals surface area contributed by atoms with Gasteiger partial charge in [-0.05, 0) is 18.8 Å². The van der Waals surface area contributed by atoms with Crippen LogP contribution in [0.3, 0.4) is 0 Å². The zero-order chi connectivity index (χ0) is 16.8. The standard InChI is InChI=1S/C18H31N5O/c1-19-18(20-9-5-8-15-6-3-4-7-15)23-10-11-24-17(14-23)16-12-21-22(2)13-16/h12-13,15,17H,3-11,14H2,1-2H3,(H,19,20). The van der Waals surface area contributed by atoms with Crippen LogP contribution in [-0.2, 0) is 11.8 Å². The van der Waals surface area contributed by atoms with Crippen molar-refractivity contribution in [1.82, 2.24) is 20.0 Å². The van der Waals surface area contributed by atoms with Gasteiger partial charge in [-0.3, -0.25) is 9.67 Å². The lowest BCUT2D eigenvalue weighted by Gasteiger charge is -2.34. The maximum atomic E-state index is 5.92. The molecule has 0 amide bonds. The summed E-state index contributed by atoms with van der Waals surface area (Å²) in [6, 6.07) is 0. The minimum Gasteiger partial charge on any atom is -0.370 e. The summed E-state index contributed by atoms with van der Waals surface area (Å²) in [6.07, 6.45) is 12.3.